The first-order valence-corrected chi connectivity index (χ1v) is 9.06. The van der Waals surface area contributed by atoms with E-state index in [1.165, 1.54) is 12.1 Å². The van der Waals surface area contributed by atoms with E-state index in [1.54, 1.807) is 19.4 Å². The number of rotatable bonds is 4. The number of carbonyl (C=O) groups is 1. The maximum absolute atomic E-state index is 13.5. The average molecular weight is 367 g/mol. The molecule has 1 N–H and O–H groups in total. The van der Waals surface area contributed by atoms with Crippen LogP contribution in [0.2, 0.25) is 0 Å². The molecule has 2 aromatic carbocycles. The fourth-order valence-electron chi connectivity index (χ4n) is 3.58. The third-order valence-corrected chi connectivity index (χ3v) is 5.14. The Morgan fingerprint density at radius 3 is 2.56 bits per heavy atom. The predicted octanol–water partition coefficient (Wildman–Crippen LogP) is 3.21. The molecule has 0 aliphatic carbocycles. The van der Waals surface area contributed by atoms with E-state index < -0.39 is 0 Å². The van der Waals surface area contributed by atoms with Gasteiger partial charge in [-0.25, -0.2) is 4.39 Å². The SMILES string of the molecule is COc1ccc(N2CCN(C(=O)Cc3c[nH]c4ccc(F)cc34)CC2)cc1. The van der Waals surface area contributed by atoms with E-state index in [1.807, 2.05) is 29.2 Å². The highest BCUT2D eigenvalue weighted by molar-refractivity contribution is 5.89. The minimum atomic E-state index is -0.288. The number of nitrogens with zero attached hydrogens (tertiary/aromatic N) is 2. The monoisotopic (exact) mass is 367 g/mol. The normalized spacial score (nSPS) is 14.6. The number of amides is 1. The minimum absolute atomic E-state index is 0.0783. The fraction of sp³-hybridized carbons (Fsp3) is 0.286. The molecular weight excluding hydrogens is 345 g/mol. The summed E-state index contributed by atoms with van der Waals surface area (Å²) in [6.07, 6.45) is 2.08. The molecule has 2 heterocycles. The van der Waals surface area contributed by atoms with Crippen LogP contribution in [0.4, 0.5) is 10.1 Å². The number of hydrogen-bond acceptors (Lipinski definition) is 3. The zero-order chi connectivity index (χ0) is 18.8. The van der Waals surface area contributed by atoms with Gasteiger partial charge < -0.3 is 19.5 Å². The van der Waals surface area contributed by atoms with Crippen molar-refractivity contribution in [1.82, 2.24) is 9.88 Å². The molecule has 0 bridgehead atoms. The van der Waals surface area contributed by atoms with Gasteiger partial charge >= 0.3 is 0 Å². The highest BCUT2D eigenvalue weighted by atomic mass is 19.1. The lowest BCUT2D eigenvalue weighted by atomic mass is 10.1. The lowest BCUT2D eigenvalue weighted by Crippen LogP contribution is -2.49. The summed E-state index contributed by atoms with van der Waals surface area (Å²) < 4.78 is 18.7. The Kier molecular flexibility index (Phi) is 4.71. The lowest BCUT2D eigenvalue weighted by molar-refractivity contribution is -0.130. The van der Waals surface area contributed by atoms with Crippen LogP contribution in [0.15, 0.2) is 48.7 Å². The van der Waals surface area contributed by atoms with Crippen molar-refractivity contribution in [3.63, 3.8) is 0 Å². The molecule has 0 saturated carbocycles. The molecule has 1 aliphatic heterocycles. The van der Waals surface area contributed by atoms with Crippen molar-refractivity contribution in [3.8, 4) is 5.75 Å². The molecule has 4 rings (SSSR count). The number of benzene rings is 2. The van der Waals surface area contributed by atoms with Crippen molar-refractivity contribution < 1.29 is 13.9 Å². The molecule has 0 spiro atoms. The molecular formula is C21H22FN3O2. The summed E-state index contributed by atoms with van der Waals surface area (Å²) in [5, 5.41) is 0.778. The number of nitrogens with one attached hydrogen (secondary N) is 1. The smallest absolute Gasteiger partial charge is 0.227 e. The molecule has 0 radical (unpaired) electrons. The summed E-state index contributed by atoms with van der Waals surface area (Å²) in [6, 6.07) is 12.6. The molecule has 0 atom stereocenters. The van der Waals surface area contributed by atoms with Gasteiger partial charge in [0.05, 0.1) is 13.5 Å². The molecule has 1 aromatic heterocycles. The molecule has 27 heavy (non-hydrogen) atoms. The minimum Gasteiger partial charge on any atom is -0.497 e. The van der Waals surface area contributed by atoms with Crippen LogP contribution in [0, 0.1) is 5.82 Å². The Hall–Kier alpha value is -3.02. The van der Waals surface area contributed by atoms with Crippen LogP contribution in [0.25, 0.3) is 10.9 Å². The molecule has 0 unspecified atom stereocenters. The third kappa shape index (κ3) is 3.60. The van der Waals surface area contributed by atoms with Crippen LogP contribution in [0.1, 0.15) is 5.56 Å². The predicted molar refractivity (Wildman–Crippen MR) is 104 cm³/mol. The van der Waals surface area contributed by atoms with Crippen LogP contribution < -0.4 is 9.64 Å². The fourth-order valence-corrected chi connectivity index (χ4v) is 3.58. The van der Waals surface area contributed by atoms with Crippen molar-refractivity contribution in [1.29, 1.82) is 0 Å². The number of methoxy groups -OCH3 is 1. The van der Waals surface area contributed by atoms with Gasteiger partial charge in [-0.3, -0.25) is 4.79 Å². The van der Waals surface area contributed by atoms with E-state index in [0.717, 1.165) is 41.0 Å². The van der Waals surface area contributed by atoms with E-state index >= 15 is 0 Å². The third-order valence-electron chi connectivity index (χ3n) is 5.14. The van der Waals surface area contributed by atoms with Crippen LogP contribution in [-0.2, 0) is 11.2 Å². The number of carbonyl (C=O) groups excluding carboxylic acids is 1. The number of fused-ring (bicyclic) bond motifs is 1. The highest BCUT2D eigenvalue weighted by Gasteiger charge is 2.22. The number of H-pyrrole nitrogens is 1. The van der Waals surface area contributed by atoms with Crippen molar-refractivity contribution in [2.45, 2.75) is 6.42 Å². The zero-order valence-corrected chi connectivity index (χ0v) is 15.2. The van der Waals surface area contributed by atoms with Crippen LogP contribution in [0.3, 0.4) is 0 Å². The number of halogens is 1. The number of aromatic amines is 1. The van der Waals surface area contributed by atoms with E-state index in [9.17, 15) is 9.18 Å². The van der Waals surface area contributed by atoms with E-state index in [0.29, 0.717) is 13.1 Å². The first-order valence-electron chi connectivity index (χ1n) is 9.06. The van der Waals surface area contributed by atoms with Crippen LogP contribution in [-0.4, -0.2) is 49.1 Å². The van der Waals surface area contributed by atoms with Gasteiger partial charge in [-0.1, -0.05) is 0 Å². The largest absolute Gasteiger partial charge is 0.497 e. The number of ether oxygens (including phenoxy) is 1. The summed E-state index contributed by atoms with van der Waals surface area (Å²) in [4.78, 5) is 20.0. The van der Waals surface area contributed by atoms with E-state index in [2.05, 4.69) is 9.88 Å². The lowest BCUT2D eigenvalue weighted by Gasteiger charge is -2.36. The van der Waals surface area contributed by atoms with Crippen LogP contribution >= 0.6 is 0 Å². The molecule has 140 valence electrons. The summed E-state index contributed by atoms with van der Waals surface area (Å²) in [5.74, 6) is 0.626. The van der Waals surface area contributed by atoms with Gasteiger partial charge in [-0.05, 0) is 48.0 Å². The van der Waals surface area contributed by atoms with Crippen molar-refractivity contribution in [2.24, 2.45) is 0 Å². The molecule has 6 heteroatoms. The summed E-state index contributed by atoms with van der Waals surface area (Å²) >= 11 is 0. The van der Waals surface area contributed by atoms with Gasteiger partial charge in [0.25, 0.3) is 0 Å². The number of aromatic nitrogens is 1. The second kappa shape index (κ2) is 7.31. The molecule has 5 nitrogen and oxygen atoms in total. The first kappa shape index (κ1) is 17.4. The van der Waals surface area contributed by atoms with Crippen molar-refractivity contribution in [3.05, 3.63) is 60.0 Å². The molecule has 1 amide bonds. The van der Waals surface area contributed by atoms with Gasteiger partial charge in [0.15, 0.2) is 0 Å². The van der Waals surface area contributed by atoms with Crippen molar-refractivity contribution >= 4 is 22.5 Å². The molecule has 3 aromatic rings. The van der Waals surface area contributed by atoms with Gasteiger partial charge in [0, 0.05) is 49.0 Å². The average Bonchev–Trinajstić information content (AvgIpc) is 3.10. The number of anilines is 1. The second-order valence-electron chi connectivity index (χ2n) is 6.75. The standard InChI is InChI=1S/C21H22FN3O2/c1-27-18-5-3-17(4-6-18)24-8-10-25(11-9-24)21(26)12-15-14-23-20-7-2-16(22)13-19(15)20/h2-7,13-14,23H,8-12H2,1H3. The maximum Gasteiger partial charge on any atom is 0.227 e. The Balaban J connectivity index is 1.38. The number of piperazine rings is 1. The van der Waals surface area contributed by atoms with E-state index in [-0.39, 0.29) is 18.1 Å². The summed E-state index contributed by atoms with van der Waals surface area (Å²) in [7, 11) is 1.65. The zero-order valence-electron chi connectivity index (χ0n) is 15.2. The Morgan fingerprint density at radius 2 is 1.85 bits per heavy atom. The maximum atomic E-state index is 13.5. The number of hydrogen-bond donors (Lipinski definition) is 1. The summed E-state index contributed by atoms with van der Waals surface area (Å²) in [5.41, 5.74) is 2.82. The topological polar surface area (TPSA) is 48.6 Å². The molecule has 1 aliphatic rings. The Bertz CT molecular complexity index is 944. The van der Waals surface area contributed by atoms with E-state index in [4.69, 9.17) is 4.74 Å². The quantitative estimate of drug-likeness (QED) is 0.770. The Labute approximate surface area is 157 Å². The van der Waals surface area contributed by atoms with Crippen LogP contribution in [0.5, 0.6) is 5.75 Å². The summed E-state index contributed by atoms with van der Waals surface area (Å²) in [6.45, 7) is 2.95. The van der Waals surface area contributed by atoms with Gasteiger partial charge in [-0.15, -0.1) is 0 Å². The first-order chi connectivity index (χ1) is 13.1. The molecule has 1 fully saturated rings. The molecule has 1 saturated heterocycles. The van der Waals surface area contributed by atoms with Gasteiger partial charge in [0.2, 0.25) is 5.91 Å². The van der Waals surface area contributed by atoms with Crippen molar-refractivity contribution in [2.75, 3.05) is 38.2 Å². The second-order valence-corrected chi connectivity index (χ2v) is 6.75. The Morgan fingerprint density at radius 1 is 1.11 bits per heavy atom. The van der Waals surface area contributed by atoms with Gasteiger partial charge in [-0.2, -0.15) is 0 Å². The van der Waals surface area contributed by atoms with Gasteiger partial charge in [0.1, 0.15) is 11.6 Å². The highest BCUT2D eigenvalue weighted by Crippen LogP contribution is 2.22.